The molecule has 2 rings (SSSR count). The van der Waals surface area contributed by atoms with E-state index in [1.807, 2.05) is 0 Å². The maximum absolute atomic E-state index is 11.7. The lowest BCUT2D eigenvalue weighted by atomic mass is 10.2. The predicted molar refractivity (Wildman–Crippen MR) is 67.1 cm³/mol. The summed E-state index contributed by atoms with van der Waals surface area (Å²) in [5, 5.41) is 16.5. The molecule has 6 nitrogen and oxygen atoms in total. The van der Waals surface area contributed by atoms with Crippen LogP contribution in [0.25, 0.3) is 0 Å². The van der Waals surface area contributed by atoms with Gasteiger partial charge in [0.05, 0.1) is 16.5 Å². The summed E-state index contributed by atoms with van der Waals surface area (Å²) in [6.45, 7) is 2.21. The number of nitro groups is 1. The number of amides is 1. The Labute approximate surface area is 106 Å². The van der Waals surface area contributed by atoms with Crippen molar-refractivity contribution in [3.63, 3.8) is 0 Å². The number of benzene rings is 1. The molecule has 0 saturated heterocycles. The SMILES string of the molecule is CC1CNc2cc(Br)cc([N+](=O)[O-])c2NC1=O. The Morgan fingerprint density at radius 1 is 1.53 bits per heavy atom. The van der Waals surface area contributed by atoms with Crippen LogP contribution in [0.2, 0.25) is 0 Å². The molecule has 7 heteroatoms. The van der Waals surface area contributed by atoms with Gasteiger partial charge in [-0.15, -0.1) is 0 Å². The number of carbonyl (C=O) groups is 1. The molecule has 0 spiro atoms. The van der Waals surface area contributed by atoms with Crippen molar-refractivity contribution >= 4 is 38.9 Å². The maximum Gasteiger partial charge on any atom is 0.296 e. The molecule has 0 saturated carbocycles. The molecule has 1 aromatic carbocycles. The van der Waals surface area contributed by atoms with Gasteiger partial charge in [0.25, 0.3) is 5.69 Å². The molecule has 17 heavy (non-hydrogen) atoms. The van der Waals surface area contributed by atoms with Gasteiger partial charge >= 0.3 is 0 Å². The first-order chi connectivity index (χ1) is 7.99. The van der Waals surface area contributed by atoms with Crippen LogP contribution in [0, 0.1) is 16.0 Å². The van der Waals surface area contributed by atoms with Crippen molar-refractivity contribution in [1.29, 1.82) is 0 Å². The van der Waals surface area contributed by atoms with Crippen LogP contribution in [0.5, 0.6) is 0 Å². The van der Waals surface area contributed by atoms with Gasteiger partial charge in [0, 0.05) is 17.1 Å². The van der Waals surface area contributed by atoms with E-state index in [4.69, 9.17) is 0 Å². The Morgan fingerprint density at radius 3 is 2.88 bits per heavy atom. The van der Waals surface area contributed by atoms with Crippen LogP contribution < -0.4 is 10.6 Å². The second-order valence-electron chi connectivity index (χ2n) is 3.88. The van der Waals surface area contributed by atoms with E-state index in [0.717, 1.165) is 0 Å². The molecular formula is C10H10BrN3O3. The summed E-state index contributed by atoms with van der Waals surface area (Å²) in [5.41, 5.74) is 0.667. The normalized spacial score (nSPS) is 18.7. The third kappa shape index (κ3) is 2.23. The van der Waals surface area contributed by atoms with E-state index in [1.165, 1.54) is 6.07 Å². The predicted octanol–water partition coefficient (Wildman–Crippen LogP) is 2.36. The minimum absolute atomic E-state index is 0.121. The van der Waals surface area contributed by atoms with Gasteiger partial charge in [0.2, 0.25) is 5.91 Å². The average Bonchev–Trinajstić information content (AvgIpc) is 2.39. The zero-order chi connectivity index (χ0) is 12.6. The smallest absolute Gasteiger partial charge is 0.296 e. The molecule has 1 amide bonds. The summed E-state index contributed by atoms with van der Waals surface area (Å²) in [6.07, 6.45) is 0. The van der Waals surface area contributed by atoms with Gasteiger partial charge in [-0.1, -0.05) is 22.9 Å². The van der Waals surface area contributed by atoms with Crippen LogP contribution in [0.3, 0.4) is 0 Å². The van der Waals surface area contributed by atoms with E-state index in [2.05, 4.69) is 26.6 Å². The van der Waals surface area contributed by atoms with Gasteiger partial charge < -0.3 is 10.6 Å². The zero-order valence-electron chi connectivity index (χ0n) is 8.99. The van der Waals surface area contributed by atoms with E-state index in [-0.39, 0.29) is 23.2 Å². The first kappa shape index (κ1) is 11.8. The lowest BCUT2D eigenvalue weighted by Crippen LogP contribution is -2.22. The quantitative estimate of drug-likeness (QED) is 0.616. The lowest BCUT2D eigenvalue weighted by Gasteiger charge is -2.08. The molecule has 1 heterocycles. The molecule has 1 atom stereocenters. The molecule has 90 valence electrons. The minimum atomic E-state index is -0.512. The fraction of sp³-hybridized carbons (Fsp3) is 0.300. The number of fused-ring (bicyclic) bond motifs is 1. The fourth-order valence-corrected chi connectivity index (χ4v) is 2.06. The van der Waals surface area contributed by atoms with E-state index in [1.54, 1.807) is 13.0 Å². The highest BCUT2D eigenvalue weighted by molar-refractivity contribution is 9.10. The molecule has 0 bridgehead atoms. The van der Waals surface area contributed by atoms with Crippen molar-refractivity contribution in [2.45, 2.75) is 6.92 Å². The summed E-state index contributed by atoms with van der Waals surface area (Å²) >= 11 is 3.21. The molecule has 0 radical (unpaired) electrons. The fourth-order valence-electron chi connectivity index (χ4n) is 1.61. The van der Waals surface area contributed by atoms with Gasteiger partial charge in [-0.3, -0.25) is 14.9 Å². The summed E-state index contributed by atoms with van der Waals surface area (Å²) in [7, 11) is 0. The third-order valence-electron chi connectivity index (χ3n) is 2.57. The molecule has 1 unspecified atom stereocenters. The second kappa shape index (κ2) is 4.33. The number of anilines is 2. The first-order valence-electron chi connectivity index (χ1n) is 5.01. The van der Waals surface area contributed by atoms with E-state index in [0.29, 0.717) is 16.7 Å². The highest BCUT2D eigenvalue weighted by Crippen LogP contribution is 2.37. The Kier molecular flexibility index (Phi) is 3.01. The number of nitrogens with one attached hydrogen (secondary N) is 2. The largest absolute Gasteiger partial charge is 0.382 e. The van der Waals surface area contributed by atoms with Crippen LogP contribution >= 0.6 is 15.9 Å². The van der Waals surface area contributed by atoms with Gasteiger partial charge in [-0.25, -0.2) is 0 Å². The lowest BCUT2D eigenvalue weighted by molar-refractivity contribution is -0.383. The molecule has 1 aromatic rings. The van der Waals surface area contributed by atoms with Crippen molar-refractivity contribution in [3.05, 3.63) is 26.7 Å². The van der Waals surface area contributed by atoms with Crippen molar-refractivity contribution in [2.75, 3.05) is 17.2 Å². The number of rotatable bonds is 1. The number of nitrogens with zero attached hydrogens (tertiary/aromatic N) is 1. The highest BCUT2D eigenvalue weighted by Gasteiger charge is 2.26. The molecule has 0 aliphatic carbocycles. The average molecular weight is 300 g/mol. The number of hydrogen-bond donors (Lipinski definition) is 2. The number of halogens is 1. The van der Waals surface area contributed by atoms with Crippen LogP contribution in [0.15, 0.2) is 16.6 Å². The van der Waals surface area contributed by atoms with Gasteiger partial charge in [0.1, 0.15) is 5.69 Å². The third-order valence-corrected chi connectivity index (χ3v) is 3.03. The molecule has 0 aromatic heterocycles. The number of nitro benzene ring substituents is 1. The first-order valence-corrected chi connectivity index (χ1v) is 5.81. The van der Waals surface area contributed by atoms with E-state index in [9.17, 15) is 14.9 Å². The molecular weight excluding hydrogens is 290 g/mol. The van der Waals surface area contributed by atoms with Crippen molar-refractivity contribution < 1.29 is 9.72 Å². The molecule has 0 fully saturated rings. The maximum atomic E-state index is 11.7. The van der Waals surface area contributed by atoms with Crippen molar-refractivity contribution in [1.82, 2.24) is 0 Å². The zero-order valence-corrected chi connectivity index (χ0v) is 10.6. The van der Waals surface area contributed by atoms with Gasteiger partial charge in [0.15, 0.2) is 0 Å². The Bertz CT molecular complexity index is 504. The van der Waals surface area contributed by atoms with Crippen LogP contribution in [-0.4, -0.2) is 17.4 Å². The van der Waals surface area contributed by atoms with E-state index >= 15 is 0 Å². The number of hydrogen-bond acceptors (Lipinski definition) is 4. The summed E-state index contributed by atoms with van der Waals surface area (Å²) in [6, 6.07) is 3.08. The summed E-state index contributed by atoms with van der Waals surface area (Å²) < 4.78 is 0.597. The Balaban J connectivity index is 2.56. The minimum Gasteiger partial charge on any atom is -0.382 e. The van der Waals surface area contributed by atoms with Gasteiger partial charge in [-0.2, -0.15) is 0 Å². The second-order valence-corrected chi connectivity index (χ2v) is 4.79. The van der Waals surface area contributed by atoms with Gasteiger partial charge in [-0.05, 0) is 6.07 Å². The standard InChI is InChI=1S/C10H10BrN3O3/c1-5-4-12-7-2-6(11)3-8(14(16)17)9(7)13-10(5)15/h2-3,5,12H,4H2,1H3,(H,13,15). The van der Waals surface area contributed by atoms with Crippen molar-refractivity contribution in [2.24, 2.45) is 5.92 Å². The number of carbonyl (C=O) groups excluding carboxylic acids is 1. The van der Waals surface area contributed by atoms with Crippen molar-refractivity contribution in [3.8, 4) is 0 Å². The van der Waals surface area contributed by atoms with E-state index < -0.39 is 4.92 Å². The Morgan fingerprint density at radius 2 is 2.24 bits per heavy atom. The summed E-state index contributed by atoms with van der Waals surface area (Å²) in [4.78, 5) is 22.1. The topological polar surface area (TPSA) is 84.3 Å². The molecule has 1 aliphatic rings. The highest BCUT2D eigenvalue weighted by atomic mass is 79.9. The van der Waals surface area contributed by atoms with Crippen LogP contribution in [0.4, 0.5) is 17.1 Å². The Hall–Kier alpha value is -1.63. The molecule has 2 N–H and O–H groups in total. The monoisotopic (exact) mass is 299 g/mol. The summed E-state index contributed by atoms with van der Waals surface area (Å²) in [5.74, 6) is -0.456. The molecule has 1 aliphatic heterocycles. The van der Waals surface area contributed by atoms with Crippen LogP contribution in [-0.2, 0) is 4.79 Å². The van der Waals surface area contributed by atoms with Crippen LogP contribution in [0.1, 0.15) is 6.92 Å².